The fourth-order valence-corrected chi connectivity index (χ4v) is 2.23. The number of nitriles is 2. The third kappa shape index (κ3) is 2.74. The van der Waals surface area contributed by atoms with Gasteiger partial charge >= 0.3 is 0 Å². The van der Waals surface area contributed by atoms with Crippen LogP contribution in [0.2, 0.25) is 0 Å². The molecule has 0 atom stereocenters. The Morgan fingerprint density at radius 1 is 1.17 bits per heavy atom. The third-order valence-electron chi connectivity index (χ3n) is 3.35. The Hall–Kier alpha value is -3.84. The number of allylic oxidation sites excluding steroid dienone is 1. The van der Waals surface area contributed by atoms with E-state index in [9.17, 15) is 5.11 Å². The molecule has 0 saturated carbocycles. The molecule has 0 aliphatic heterocycles. The van der Waals surface area contributed by atoms with Crippen LogP contribution in [0.5, 0.6) is 5.75 Å². The number of aromatic hydroxyl groups is 1. The lowest BCUT2D eigenvalue weighted by molar-refractivity contribution is 0.470. The molecule has 24 heavy (non-hydrogen) atoms. The monoisotopic (exact) mass is 316 g/mol. The first-order valence-corrected chi connectivity index (χ1v) is 7.05. The highest BCUT2D eigenvalue weighted by atomic mass is 16.3. The number of nitrogens with one attached hydrogen (secondary N) is 1. The van der Waals surface area contributed by atoms with Gasteiger partial charge in [0.25, 0.3) is 0 Å². The van der Waals surface area contributed by atoms with Crippen molar-refractivity contribution in [3.05, 3.63) is 53.7 Å². The van der Waals surface area contributed by atoms with Crippen LogP contribution >= 0.6 is 0 Å². The molecule has 0 spiro atoms. The Labute approximate surface area is 137 Å². The average molecular weight is 316 g/mol. The van der Waals surface area contributed by atoms with Crippen LogP contribution in [0.3, 0.4) is 0 Å². The molecule has 2 aromatic carbocycles. The van der Waals surface area contributed by atoms with Crippen LogP contribution in [0.1, 0.15) is 5.56 Å². The van der Waals surface area contributed by atoms with Crippen molar-refractivity contribution in [2.75, 3.05) is 5.32 Å². The number of benzene rings is 2. The molecule has 3 rings (SSSR count). The van der Waals surface area contributed by atoms with Crippen LogP contribution in [-0.2, 0) is 0 Å². The molecule has 116 valence electrons. The van der Waals surface area contributed by atoms with E-state index in [0.29, 0.717) is 22.4 Å². The first-order valence-electron chi connectivity index (χ1n) is 7.05. The van der Waals surface area contributed by atoms with Gasteiger partial charge in [0, 0.05) is 6.20 Å². The molecule has 0 bridgehead atoms. The van der Waals surface area contributed by atoms with Crippen molar-refractivity contribution in [1.29, 1.82) is 10.5 Å². The molecule has 7 nitrogen and oxygen atoms in total. The summed E-state index contributed by atoms with van der Waals surface area (Å²) in [5, 5.41) is 39.5. The molecular weight excluding hydrogens is 304 g/mol. The molecule has 0 fully saturated rings. The summed E-state index contributed by atoms with van der Waals surface area (Å²) in [5.41, 5.74) is 2.94. The van der Waals surface area contributed by atoms with E-state index < -0.39 is 0 Å². The standard InChI is InChI=1S/C17H12N6O/c1-11-6-15(20-10-12(8-18)9-19)17(24)16(7-11)23-21-13-4-2-3-5-14(13)22-23/h2-7,10,20,24H,1H3. The molecule has 2 N–H and O–H groups in total. The summed E-state index contributed by atoms with van der Waals surface area (Å²) < 4.78 is 0. The van der Waals surface area contributed by atoms with Crippen LogP contribution in [-0.4, -0.2) is 20.1 Å². The van der Waals surface area contributed by atoms with E-state index in [-0.39, 0.29) is 11.3 Å². The maximum absolute atomic E-state index is 10.5. The molecule has 3 aromatic rings. The van der Waals surface area contributed by atoms with Crippen LogP contribution in [0.25, 0.3) is 16.7 Å². The number of fused-ring (bicyclic) bond motifs is 1. The predicted molar refractivity (Wildman–Crippen MR) is 88.2 cm³/mol. The van der Waals surface area contributed by atoms with Gasteiger partial charge in [0.05, 0.1) is 5.69 Å². The molecule has 7 heteroatoms. The molecule has 0 amide bonds. The van der Waals surface area contributed by atoms with Crippen LogP contribution < -0.4 is 5.32 Å². The number of nitrogens with zero attached hydrogens (tertiary/aromatic N) is 5. The second kappa shape index (κ2) is 6.11. The van der Waals surface area contributed by atoms with Crippen molar-refractivity contribution in [3.8, 4) is 23.6 Å². The van der Waals surface area contributed by atoms with E-state index >= 15 is 0 Å². The van der Waals surface area contributed by atoms with E-state index in [0.717, 1.165) is 5.56 Å². The Balaban J connectivity index is 2.08. The van der Waals surface area contributed by atoms with Gasteiger partial charge in [0.15, 0.2) is 5.75 Å². The number of anilines is 1. The third-order valence-corrected chi connectivity index (χ3v) is 3.35. The highest BCUT2D eigenvalue weighted by Crippen LogP contribution is 2.32. The number of phenolic OH excluding ortho intramolecular Hbond substituents is 1. The summed E-state index contributed by atoms with van der Waals surface area (Å²) in [6.45, 7) is 1.86. The molecule has 0 aliphatic carbocycles. The van der Waals surface area contributed by atoms with Crippen molar-refractivity contribution >= 4 is 16.7 Å². The Morgan fingerprint density at radius 2 is 1.79 bits per heavy atom. The highest BCUT2D eigenvalue weighted by molar-refractivity contribution is 5.74. The minimum atomic E-state index is -0.0968. The molecule has 1 aromatic heterocycles. The van der Waals surface area contributed by atoms with Crippen molar-refractivity contribution in [3.63, 3.8) is 0 Å². The van der Waals surface area contributed by atoms with Crippen LogP contribution in [0.4, 0.5) is 5.69 Å². The summed E-state index contributed by atoms with van der Waals surface area (Å²) in [5.74, 6) is -0.0765. The highest BCUT2D eigenvalue weighted by Gasteiger charge is 2.13. The van der Waals surface area contributed by atoms with Crippen molar-refractivity contribution < 1.29 is 5.11 Å². The van der Waals surface area contributed by atoms with Crippen LogP contribution in [0.15, 0.2) is 48.2 Å². The smallest absolute Gasteiger partial charge is 0.166 e. The normalized spacial score (nSPS) is 9.96. The molecular formula is C17H12N6O. The Bertz CT molecular complexity index is 986. The minimum Gasteiger partial charge on any atom is -0.504 e. The summed E-state index contributed by atoms with van der Waals surface area (Å²) in [7, 11) is 0. The lowest BCUT2D eigenvalue weighted by atomic mass is 10.1. The van der Waals surface area contributed by atoms with Crippen LogP contribution in [0, 0.1) is 29.6 Å². The van der Waals surface area contributed by atoms with E-state index in [1.807, 2.05) is 31.2 Å². The fourth-order valence-electron chi connectivity index (χ4n) is 2.23. The Morgan fingerprint density at radius 3 is 2.38 bits per heavy atom. The van der Waals surface area contributed by atoms with E-state index in [4.69, 9.17) is 10.5 Å². The number of hydrogen-bond donors (Lipinski definition) is 2. The molecule has 0 aliphatic rings. The maximum Gasteiger partial charge on any atom is 0.166 e. The number of hydrogen-bond acceptors (Lipinski definition) is 6. The van der Waals surface area contributed by atoms with Gasteiger partial charge in [0.1, 0.15) is 34.4 Å². The molecule has 0 saturated heterocycles. The number of phenols is 1. The lowest BCUT2D eigenvalue weighted by Crippen LogP contribution is -2.02. The zero-order valence-electron chi connectivity index (χ0n) is 12.7. The van der Waals surface area contributed by atoms with Gasteiger partial charge in [-0.2, -0.15) is 10.5 Å². The zero-order valence-corrected chi connectivity index (χ0v) is 12.7. The van der Waals surface area contributed by atoms with Gasteiger partial charge in [-0.05, 0) is 36.8 Å². The molecule has 0 unspecified atom stereocenters. The maximum atomic E-state index is 10.5. The predicted octanol–water partition coefficient (Wildman–Crippen LogP) is 2.78. The second-order valence-corrected chi connectivity index (χ2v) is 5.08. The summed E-state index contributed by atoms with van der Waals surface area (Å²) in [6.07, 6.45) is 1.24. The minimum absolute atomic E-state index is 0.0765. The van der Waals surface area contributed by atoms with Crippen molar-refractivity contribution in [2.24, 2.45) is 0 Å². The molecule has 0 radical (unpaired) electrons. The Kier molecular flexibility index (Phi) is 3.84. The largest absolute Gasteiger partial charge is 0.504 e. The van der Waals surface area contributed by atoms with Gasteiger partial charge in [-0.3, -0.25) is 0 Å². The van der Waals surface area contributed by atoms with Gasteiger partial charge < -0.3 is 10.4 Å². The average Bonchev–Trinajstić information content (AvgIpc) is 3.02. The fraction of sp³-hybridized carbons (Fsp3) is 0.0588. The number of rotatable bonds is 3. The van der Waals surface area contributed by atoms with Gasteiger partial charge in [-0.1, -0.05) is 12.1 Å². The first kappa shape index (κ1) is 15.1. The van der Waals surface area contributed by atoms with Crippen molar-refractivity contribution in [1.82, 2.24) is 15.0 Å². The number of aryl methyl sites for hydroxylation is 1. The zero-order chi connectivity index (χ0) is 17.1. The van der Waals surface area contributed by atoms with E-state index in [2.05, 4.69) is 15.5 Å². The summed E-state index contributed by atoms with van der Waals surface area (Å²) in [4.78, 5) is 1.36. The second-order valence-electron chi connectivity index (χ2n) is 5.08. The van der Waals surface area contributed by atoms with Gasteiger partial charge in [0.2, 0.25) is 0 Å². The quantitative estimate of drug-likeness (QED) is 0.568. The van der Waals surface area contributed by atoms with Crippen molar-refractivity contribution in [2.45, 2.75) is 6.92 Å². The van der Waals surface area contributed by atoms with Gasteiger partial charge in [-0.15, -0.1) is 15.0 Å². The number of aromatic nitrogens is 3. The van der Waals surface area contributed by atoms with E-state index in [1.165, 1.54) is 11.0 Å². The SMILES string of the molecule is Cc1cc(NC=C(C#N)C#N)c(O)c(-n2nc3ccccc3n2)c1. The first-order chi connectivity index (χ1) is 11.6. The summed E-state index contributed by atoms with van der Waals surface area (Å²) in [6, 6.07) is 14.3. The van der Waals surface area contributed by atoms with E-state index in [1.54, 1.807) is 24.3 Å². The lowest BCUT2D eigenvalue weighted by Gasteiger charge is -2.10. The van der Waals surface area contributed by atoms with Gasteiger partial charge in [-0.25, -0.2) is 0 Å². The molecule has 1 heterocycles. The summed E-state index contributed by atoms with van der Waals surface area (Å²) >= 11 is 0. The topological polar surface area (TPSA) is 111 Å².